The molecule has 7 N–H and O–H groups in total. The van der Waals surface area contributed by atoms with Gasteiger partial charge < -0.3 is 27.2 Å². The average Bonchev–Trinajstić information content (AvgIpc) is 3.23. The maximum atomic E-state index is 7.52. The summed E-state index contributed by atoms with van der Waals surface area (Å²) in [5.74, 6) is 1.67. The Labute approximate surface area is 180 Å². The topological polar surface area (TPSA) is 129 Å². The van der Waals surface area contributed by atoms with Crippen molar-refractivity contribution < 1.29 is 0 Å². The molecule has 0 aliphatic rings. The molecule has 2 aromatic carbocycles. The summed E-state index contributed by atoms with van der Waals surface area (Å²) in [5.41, 5.74) is 17.4. The Kier molecular flexibility index (Phi) is 5.41. The van der Waals surface area contributed by atoms with Crippen LogP contribution in [0.3, 0.4) is 0 Å². The molecular weight excluding hydrogens is 386 g/mol. The van der Waals surface area contributed by atoms with Gasteiger partial charge in [-0.1, -0.05) is 38.1 Å². The molecule has 0 aliphatic heterocycles. The van der Waals surface area contributed by atoms with E-state index < -0.39 is 0 Å². The fourth-order valence-corrected chi connectivity index (χ4v) is 3.24. The van der Waals surface area contributed by atoms with Gasteiger partial charge in [-0.25, -0.2) is 9.97 Å². The third-order valence-corrected chi connectivity index (χ3v) is 4.93. The summed E-state index contributed by atoms with van der Waals surface area (Å²) in [6, 6.07) is 13.2. The van der Waals surface area contributed by atoms with Gasteiger partial charge in [0, 0.05) is 40.6 Å². The van der Waals surface area contributed by atoms with E-state index >= 15 is 0 Å². The summed E-state index contributed by atoms with van der Waals surface area (Å²) in [6.07, 6.45) is 7.21. The zero-order valence-corrected chi connectivity index (χ0v) is 17.5. The van der Waals surface area contributed by atoms with Crippen LogP contribution in [-0.2, 0) is 0 Å². The lowest BCUT2D eigenvalue weighted by molar-refractivity contribution is 0.836. The van der Waals surface area contributed by atoms with Crippen LogP contribution in [0.1, 0.15) is 25.0 Å². The van der Waals surface area contributed by atoms with E-state index in [0.717, 1.165) is 27.8 Å². The quantitative estimate of drug-likeness (QED) is 0.220. The molecular formula is C24H25N7. The molecule has 2 aromatic heterocycles. The molecule has 7 heteroatoms. The lowest BCUT2D eigenvalue weighted by Gasteiger charge is -2.11. The average molecular weight is 412 g/mol. The van der Waals surface area contributed by atoms with E-state index in [1.54, 1.807) is 6.07 Å². The highest BCUT2D eigenvalue weighted by Crippen LogP contribution is 2.29. The van der Waals surface area contributed by atoms with E-state index in [1.165, 1.54) is 6.21 Å². The Hall–Kier alpha value is -4.13. The number of fused-ring (bicyclic) bond motifs is 1. The van der Waals surface area contributed by atoms with Crippen molar-refractivity contribution in [2.75, 3.05) is 16.8 Å². The van der Waals surface area contributed by atoms with Crippen LogP contribution >= 0.6 is 0 Å². The summed E-state index contributed by atoms with van der Waals surface area (Å²) in [7, 11) is 0. The number of benzene rings is 2. The molecule has 156 valence electrons. The van der Waals surface area contributed by atoms with Crippen LogP contribution in [0.4, 0.5) is 22.9 Å². The minimum Gasteiger partial charge on any atom is -0.398 e. The van der Waals surface area contributed by atoms with Gasteiger partial charge in [0.15, 0.2) is 5.82 Å². The molecule has 7 nitrogen and oxygen atoms in total. The van der Waals surface area contributed by atoms with Crippen LogP contribution in [0.25, 0.3) is 28.5 Å². The Balaban J connectivity index is 1.74. The van der Waals surface area contributed by atoms with E-state index in [2.05, 4.69) is 35.2 Å². The van der Waals surface area contributed by atoms with Crippen LogP contribution in [0, 0.1) is 11.3 Å². The predicted molar refractivity (Wildman–Crippen MR) is 130 cm³/mol. The van der Waals surface area contributed by atoms with Crippen molar-refractivity contribution in [3.8, 4) is 11.4 Å². The van der Waals surface area contributed by atoms with Crippen molar-refractivity contribution >= 4 is 46.2 Å². The van der Waals surface area contributed by atoms with Gasteiger partial charge in [0.2, 0.25) is 0 Å². The zero-order chi connectivity index (χ0) is 22.0. The maximum Gasteiger partial charge on any atom is 0.164 e. The van der Waals surface area contributed by atoms with Gasteiger partial charge in [-0.15, -0.1) is 0 Å². The first kappa shape index (κ1) is 20.2. The van der Waals surface area contributed by atoms with Gasteiger partial charge in [-0.2, -0.15) is 0 Å². The van der Waals surface area contributed by atoms with Crippen LogP contribution in [0.5, 0.6) is 0 Å². The summed E-state index contributed by atoms with van der Waals surface area (Å²) in [4.78, 5) is 12.6. The van der Waals surface area contributed by atoms with E-state index in [0.29, 0.717) is 34.5 Å². The molecule has 0 atom stereocenters. The molecule has 0 amide bonds. The standard InChI is InChI=1S/C24H25N7/c1-14(2)3-4-15-5-6-16(12-21(15)27)22-30-23-19(9-10-28-23)24(31-22)29-18-7-8-20(26)17(11-18)13-25/h3-14,25H,26-27H2,1-2H3,(H2,28,29,30,31)/b4-3+,25-13?. The van der Waals surface area contributed by atoms with Gasteiger partial charge in [0.1, 0.15) is 11.5 Å². The molecule has 0 bridgehead atoms. The Morgan fingerprint density at radius 3 is 2.58 bits per heavy atom. The molecule has 31 heavy (non-hydrogen) atoms. The van der Waals surface area contributed by atoms with Crippen molar-refractivity contribution in [3.05, 3.63) is 65.9 Å². The zero-order valence-electron chi connectivity index (χ0n) is 17.5. The Morgan fingerprint density at radius 1 is 1.00 bits per heavy atom. The number of anilines is 4. The lowest BCUT2D eigenvalue weighted by Crippen LogP contribution is -2.01. The van der Waals surface area contributed by atoms with E-state index in [-0.39, 0.29) is 0 Å². The van der Waals surface area contributed by atoms with Crippen molar-refractivity contribution in [2.24, 2.45) is 5.92 Å². The highest BCUT2D eigenvalue weighted by atomic mass is 15.1. The van der Waals surface area contributed by atoms with E-state index in [9.17, 15) is 0 Å². The third-order valence-electron chi connectivity index (χ3n) is 4.93. The molecule has 4 rings (SSSR count). The first-order valence-electron chi connectivity index (χ1n) is 10.0. The molecule has 0 unspecified atom stereocenters. The summed E-state index contributed by atoms with van der Waals surface area (Å²) < 4.78 is 0. The molecule has 0 aliphatic carbocycles. The fourth-order valence-electron chi connectivity index (χ4n) is 3.24. The van der Waals surface area contributed by atoms with Crippen molar-refractivity contribution in [1.82, 2.24) is 15.0 Å². The summed E-state index contributed by atoms with van der Waals surface area (Å²) in [6.45, 7) is 4.25. The van der Waals surface area contributed by atoms with Crippen molar-refractivity contribution in [3.63, 3.8) is 0 Å². The number of nitrogen functional groups attached to an aromatic ring is 2. The summed E-state index contributed by atoms with van der Waals surface area (Å²) in [5, 5.41) is 11.7. The number of aromatic amines is 1. The number of aromatic nitrogens is 3. The lowest BCUT2D eigenvalue weighted by atomic mass is 10.1. The number of nitrogens with zero attached hydrogens (tertiary/aromatic N) is 2. The predicted octanol–water partition coefficient (Wildman–Crippen LogP) is 5.20. The fraction of sp³-hybridized carbons (Fsp3) is 0.125. The molecule has 4 aromatic rings. The molecule has 0 spiro atoms. The molecule has 0 saturated carbocycles. The number of nitrogens with two attached hydrogens (primary N) is 2. The van der Waals surface area contributed by atoms with E-state index in [4.69, 9.17) is 21.9 Å². The van der Waals surface area contributed by atoms with Crippen molar-refractivity contribution in [1.29, 1.82) is 5.41 Å². The van der Waals surface area contributed by atoms with Crippen LogP contribution in [0.15, 0.2) is 54.7 Å². The molecule has 0 radical (unpaired) electrons. The normalized spacial score (nSPS) is 11.5. The second-order valence-corrected chi connectivity index (χ2v) is 7.70. The number of nitrogens with one attached hydrogen (secondary N) is 3. The maximum absolute atomic E-state index is 7.52. The van der Waals surface area contributed by atoms with Gasteiger partial charge in [0.05, 0.1) is 5.39 Å². The third kappa shape index (κ3) is 4.25. The number of hydrogen-bond acceptors (Lipinski definition) is 6. The smallest absolute Gasteiger partial charge is 0.164 e. The van der Waals surface area contributed by atoms with Gasteiger partial charge in [-0.05, 0) is 41.8 Å². The minimum atomic E-state index is 0.452. The molecule has 0 saturated heterocycles. The van der Waals surface area contributed by atoms with Gasteiger partial charge >= 0.3 is 0 Å². The van der Waals surface area contributed by atoms with E-state index in [1.807, 2.05) is 48.7 Å². The largest absolute Gasteiger partial charge is 0.398 e. The minimum absolute atomic E-state index is 0.452. The first-order chi connectivity index (χ1) is 14.9. The van der Waals surface area contributed by atoms with Gasteiger partial charge in [-0.3, -0.25) is 0 Å². The molecule has 2 heterocycles. The summed E-state index contributed by atoms with van der Waals surface area (Å²) >= 11 is 0. The number of rotatable bonds is 6. The van der Waals surface area contributed by atoms with Gasteiger partial charge in [0.25, 0.3) is 0 Å². The Morgan fingerprint density at radius 2 is 1.84 bits per heavy atom. The van der Waals surface area contributed by atoms with Crippen LogP contribution < -0.4 is 16.8 Å². The van der Waals surface area contributed by atoms with Crippen LogP contribution in [-0.4, -0.2) is 21.2 Å². The molecule has 0 fully saturated rings. The second-order valence-electron chi connectivity index (χ2n) is 7.70. The number of H-pyrrole nitrogens is 1. The number of allylic oxidation sites excluding steroid dienone is 1. The highest BCUT2D eigenvalue weighted by Gasteiger charge is 2.12. The van der Waals surface area contributed by atoms with Crippen molar-refractivity contribution in [2.45, 2.75) is 13.8 Å². The SMILES string of the molecule is CC(C)/C=C/c1ccc(-c2nc(Nc3ccc(N)c(C=N)c3)c3cc[nH]c3n2)cc1N. The van der Waals surface area contributed by atoms with Crippen LogP contribution in [0.2, 0.25) is 0 Å². The number of hydrogen-bond donors (Lipinski definition) is 5. The monoisotopic (exact) mass is 411 g/mol. The second kappa shape index (κ2) is 8.31. The first-order valence-corrected chi connectivity index (χ1v) is 10.0. The Bertz CT molecular complexity index is 1280. The highest BCUT2D eigenvalue weighted by molar-refractivity contribution is 5.92.